The zero-order valence-corrected chi connectivity index (χ0v) is 20.1. The van der Waals surface area contributed by atoms with Crippen molar-refractivity contribution in [2.24, 2.45) is 0 Å². The minimum absolute atomic E-state index is 0.0902. The number of hydrogen-bond donors (Lipinski definition) is 1. The first-order valence-electron chi connectivity index (χ1n) is 11.7. The molecule has 0 radical (unpaired) electrons. The molecule has 0 spiro atoms. The molecule has 1 atom stereocenters. The van der Waals surface area contributed by atoms with Crippen molar-refractivity contribution in [3.8, 4) is 23.0 Å². The van der Waals surface area contributed by atoms with E-state index in [1.165, 1.54) is 6.20 Å². The van der Waals surface area contributed by atoms with Gasteiger partial charge in [0.2, 0.25) is 0 Å². The number of nitrogens with one attached hydrogen (secondary N) is 1. The third-order valence-electron chi connectivity index (χ3n) is 6.41. The van der Waals surface area contributed by atoms with E-state index >= 15 is 0 Å². The lowest BCUT2D eigenvalue weighted by molar-refractivity contribution is 0.0974. The number of H-pyrrole nitrogens is 1. The maximum atomic E-state index is 13.8. The molecule has 1 unspecified atom stereocenters. The van der Waals surface area contributed by atoms with Gasteiger partial charge in [-0.1, -0.05) is 12.1 Å². The Kier molecular flexibility index (Phi) is 6.45. The van der Waals surface area contributed by atoms with Crippen LogP contribution >= 0.6 is 0 Å². The van der Waals surface area contributed by atoms with E-state index in [2.05, 4.69) is 4.98 Å². The third kappa shape index (κ3) is 4.43. The summed E-state index contributed by atoms with van der Waals surface area (Å²) in [6.07, 6.45) is 3.01. The first-order valence-corrected chi connectivity index (χ1v) is 11.7. The highest BCUT2D eigenvalue weighted by atomic mass is 16.5. The molecule has 0 aliphatic heterocycles. The van der Waals surface area contributed by atoms with Crippen molar-refractivity contribution in [2.75, 3.05) is 19.1 Å². The van der Waals surface area contributed by atoms with Gasteiger partial charge in [0.25, 0.3) is 11.5 Å². The van der Waals surface area contributed by atoms with Gasteiger partial charge in [0, 0.05) is 11.9 Å². The molecule has 7 nitrogen and oxygen atoms in total. The van der Waals surface area contributed by atoms with Crippen LogP contribution in [0.25, 0.3) is 0 Å². The average molecular weight is 483 g/mol. The molecule has 4 aromatic rings. The Morgan fingerprint density at radius 2 is 1.56 bits per heavy atom. The maximum absolute atomic E-state index is 13.8. The second-order valence-electron chi connectivity index (χ2n) is 8.44. The highest BCUT2D eigenvalue weighted by Gasteiger charge is 2.35. The van der Waals surface area contributed by atoms with Crippen LogP contribution in [0.1, 0.15) is 33.9 Å². The summed E-state index contributed by atoms with van der Waals surface area (Å²) in [7, 11) is 3.26. The van der Waals surface area contributed by atoms with Gasteiger partial charge < -0.3 is 24.1 Å². The van der Waals surface area contributed by atoms with Crippen LogP contribution in [0.4, 0.5) is 5.69 Å². The van der Waals surface area contributed by atoms with E-state index in [0.29, 0.717) is 17.2 Å². The van der Waals surface area contributed by atoms with Crippen molar-refractivity contribution in [1.82, 2.24) is 4.98 Å². The largest absolute Gasteiger partial charge is 0.497 e. The summed E-state index contributed by atoms with van der Waals surface area (Å²) in [5, 5.41) is 0. The van der Waals surface area contributed by atoms with Crippen LogP contribution in [0, 0.1) is 0 Å². The minimum Gasteiger partial charge on any atom is -0.497 e. The van der Waals surface area contributed by atoms with Crippen LogP contribution in [-0.4, -0.2) is 25.1 Å². The summed E-state index contributed by atoms with van der Waals surface area (Å²) < 4.78 is 16.7. The molecule has 1 amide bonds. The molecule has 7 heteroatoms. The third-order valence-corrected chi connectivity index (χ3v) is 6.41. The first-order chi connectivity index (χ1) is 17.6. The van der Waals surface area contributed by atoms with Gasteiger partial charge in [0.15, 0.2) is 0 Å². The van der Waals surface area contributed by atoms with E-state index in [-0.39, 0.29) is 17.5 Å². The van der Waals surface area contributed by atoms with E-state index in [4.69, 9.17) is 14.2 Å². The van der Waals surface area contributed by atoms with E-state index in [9.17, 15) is 9.59 Å². The second-order valence-corrected chi connectivity index (χ2v) is 8.44. The van der Waals surface area contributed by atoms with Crippen molar-refractivity contribution >= 4 is 11.6 Å². The second kappa shape index (κ2) is 10.00. The van der Waals surface area contributed by atoms with Crippen molar-refractivity contribution < 1.29 is 19.0 Å². The number of fused-ring (bicyclic) bond motifs is 1. The Morgan fingerprint density at radius 3 is 2.22 bits per heavy atom. The number of aromatic nitrogens is 1. The summed E-state index contributed by atoms with van der Waals surface area (Å²) in [5.74, 6) is 2.49. The number of pyridine rings is 1. The quantitative estimate of drug-likeness (QED) is 0.375. The number of hydrogen-bond acceptors (Lipinski definition) is 5. The topological polar surface area (TPSA) is 80.9 Å². The molecule has 0 saturated carbocycles. The Bertz CT molecular complexity index is 1430. The standard InChI is InChI=1S/C29H26N2O5/c1-34-20-12-14-22(15-13-20)36-21-10-8-19(9-11-21)31(29(33)25-6-4-18-30-28(25)32)26-17-16-24-23(26)5-3-7-27(24)35-2/h3-15,18,26H,16-17H2,1-2H3,(H,30,32). The van der Waals surface area contributed by atoms with Gasteiger partial charge >= 0.3 is 0 Å². The smallest absolute Gasteiger partial charge is 0.264 e. The fourth-order valence-corrected chi connectivity index (χ4v) is 4.67. The number of carbonyl (C=O) groups is 1. The Labute approximate surface area is 208 Å². The number of ether oxygens (including phenoxy) is 3. The lowest BCUT2D eigenvalue weighted by atomic mass is 10.0. The maximum Gasteiger partial charge on any atom is 0.264 e. The summed E-state index contributed by atoms with van der Waals surface area (Å²) in [4.78, 5) is 30.6. The van der Waals surface area contributed by atoms with Crippen LogP contribution in [0.3, 0.4) is 0 Å². The van der Waals surface area contributed by atoms with Crippen LogP contribution in [0.2, 0.25) is 0 Å². The Hall–Kier alpha value is -4.52. The summed E-state index contributed by atoms with van der Waals surface area (Å²) in [5.41, 5.74) is 2.45. The first kappa shape index (κ1) is 23.2. The normalized spacial score (nSPS) is 14.1. The zero-order chi connectivity index (χ0) is 25.1. The highest BCUT2D eigenvalue weighted by Crippen LogP contribution is 2.42. The summed E-state index contributed by atoms with van der Waals surface area (Å²) in [6, 6.07) is 23.5. The molecule has 0 bridgehead atoms. The molecule has 1 aliphatic carbocycles. The molecule has 0 saturated heterocycles. The van der Waals surface area contributed by atoms with E-state index in [0.717, 1.165) is 35.5 Å². The lowest BCUT2D eigenvalue weighted by Gasteiger charge is -2.30. The number of rotatable bonds is 7. The van der Waals surface area contributed by atoms with Gasteiger partial charge in [0.05, 0.1) is 20.3 Å². The van der Waals surface area contributed by atoms with Crippen molar-refractivity contribution in [1.29, 1.82) is 0 Å². The highest BCUT2D eigenvalue weighted by molar-refractivity contribution is 6.06. The van der Waals surface area contributed by atoms with Gasteiger partial charge in [-0.25, -0.2) is 0 Å². The number of benzene rings is 3. The fourth-order valence-electron chi connectivity index (χ4n) is 4.67. The molecule has 0 fully saturated rings. The number of anilines is 1. The minimum atomic E-state index is -0.421. The van der Waals surface area contributed by atoms with Gasteiger partial charge in [-0.3, -0.25) is 9.59 Å². The van der Waals surface area contributed by atoms with Gasteiger partial charge in [-0.05, 0) is 90.7 Å². The average Bonchev–Trinajstić information content (AvgIpc) is 3.34. The predicted octanol–water partition coefficient (Wildman–Crippen LogP) is 5.52. The number of nitrogens with zero attached hydrogens (tertiary/aromatic N) is 1. The predicted molar refractivity (Wildman–Crippen MR) is 137 cm³/mol. The molecular formula is C29H26N2O5. The van der Waals surface area contributed by atoms with Gasteiger partial charge in [-0.15, -0.1) is 0 Å². The molecule has 36 heavy (non-hydrogen) atoms. The van der Waals surface area contributed by atoms with E-state index < -0.39 is 5.56 Å². The number of amides is 1. The molecule has 1 N–H and O–H groups in total. The Morgan fingerprint density at radius 1 is 0.861 bits per heavy atom. The van der Waals surface area contributed by atoms with Crippen molar-refractivity contribution in [3.63, 3.8) is 0 Å². The van der Waals surface area contributed by atoms with Gasteiger partial charge in [0.1, 0.15) is 28.6 Å². The fraction of sp³-hybridized carbons (Fsp3) is 0.172. The molecule has 1 heterocycles. The SMILES string of the molecule is COc1ccc(Oc2ccc(N(C(=O)c3ccc[nH]c3=O)C3CCc4c(OC)cccc43)cc2)cc1. The van der Waals surface area contributed by atoms with Crippen molar-refractivity contribution in [3.05, 3.63) is 112 Å². The van der Waals surface area contributed by atoms with E-state index in [1.807, 2.05) is 66.7 Å². The van der Waals surface area contributed by atoms with Gasteiger partial charge in [-0.2, -0.15) is 0 Å². The number of carbonyl (C=O) groups excluding carboxylic acids is 1. The van der Waals surface area contributed by atoms with Crippen LogP contribution < -0.4 is 24.7 Å². The summed E-state index contributed by atoms with van der Waals surface area (Å²) >= 11 is 0. The molecular weight excluding hydrogens is 456 g/mol. The van der Waals surface area contributed by atoms with Crippen molar-refractivity contribution in [2.45, 2.75) is 18.9 Å². The van der Waals surface area contributed by atoms with Crippen LogP contribution in [-0.2, 0) is 6.42 Å². The molecule has 5 rings (SSSR count). The monoisotopic (exact) mass is 482 g/mol. The Balaban J connectivity index is 1.50. The molecule has 1 aromatic heterocycles. The van der Waals surface area contributed by atoms with Crippen LogP contribution in [0.5, 0.6) is 23.0 Å². The molecule has 3 aromatic carbocycles. The van der Waals surface area contributed by atoms with E-state index in [1.54, 1.807) is 31.3 Å². The zero-order valence-electron chi connectivity index (χ0n) is 20.1. The summed E-state index contributed by atoms with van der Waals surface area (Å²) in [6.45, 7) is 0. The number of aromatic amines is 1. The number of methoxy groups -OCH3 is 2. The van der Waals surface area contributed by atoms with Crippen LogP contribution in [0.15, 0.2) is 89.9 Å². The lowest BCUT2D eigenvalue weighted by Crippen LogP contribution is -2.37. The molecule has 182 valence electrons. The molecule has 1 aliphatic rings.